The van der Waals surface area contributed by atoms with Gasteiger partial charge >= 0.3 is 11.7 Å². The van der Waals surface area contributed by atoms with E-state index < -0.39 is 17.6 Å². The van der Waals surface area contributed by atoms with Crippen molar-refractivity contribution in [2.24, 2.45) is 0 Å². The molecule has 2 aromatic heterocycles. The van der Waals surface area contributed by atoms with E-state index in [0.717, 1.165) is 4.88 Å². The average Bonchev–Trinajstić information content (AvgIpc) is 2.96. The van der Waals surface area contributed by atoms with Crippen LogP contribution in [0.4, 0.5) is 5.00 Å². The minimum absolute atomic E-state index is 0.0934. The highest BCUT2D eigenvalue weighted by atomic mass is 32.1. The predicted molar refractivity (Wildman–Crippen MR) is 74.4 cm³/mol. The van der Waals surface area contributed by atoms with Crippen LogP contribution in [0.15, 0.2) is 17.1 Å². The molecule has 106 valence electrons. The molecule has 3 N–H and O–H groups in total. The van der Waals surface area contributed by atoms with Gasteiger partial charge in [0.25, 0.3) is 5.91 Å². The van der Waals surface area contributed by atoms with Crippen molar-refractivity contribution >= 4 is 28.2 Å². The number of ether oxygens (including phenoxy) is 1. The largest absolute Gasteiger partial charge is 0.462 e. The Hall–Kier alpha value is -2.35. The highest BCUT2D eigenvalue weighted by Gasteiger charge is 2.19. The summed E-state index contributed by atoms with van der Waals surface area (Å²) in [5.41, 5.74) is -0.0698. The summed E-state index contributed by atoms with van der Waals surface area (Å²) < 4.78 is 4.93. The van der Waals surface area contributed by atoms with Gasteiger partial charge in [0, 0.05) is 11.1 Å². The number of amides is 1. The summed E-state index contributed by atoms with van der Waals surface area (Å²) in [6, 6.07) is 1.65. The van der Waals surface area contributed by atoms with Crippen LogP contribution in [0.25, 0.3) is 0 Å². The summed E-state index contributed by atoms with van der Waals surface area (Å²) in [5, 5.41) is 2.99. The van der Waals surface area contributed by atoms with Crippen LogP contribution in [0.5, 0.6) is 0 Å². The number of anilines is 1. The highest BCUT2D eigenvalue weighted by molar-refractivity contribution is 7.16. The molecule has 0 aromatic carbocycles. The van der Waals surface area contributed by atoms with E-state index in [9.17, 15) is 14.4 Å². The molecule has 0 unspecified atom stereocenters. The minimum atomic E-state index is -0.504. The van der Waals surface area contributed by atoms with Crippen LogP contribution >= 0.6 is 11.3 Å². The van der Waals surface area contributed by atoms with Crippen molar-refractivity contribution in [1.82, 2.24) is 9.97 Å². The minimum Gasteiger partial charge on any atom is -0.462 e. The van der Waals surface area contributed by atoms with E-state index >= 15 is 0 Å². The molecule has 0 radical (unpaired) electrons. The highest BCUT2D eigenvalue weighted by Crippen LogP contribution is 2.28. The maximum Gasteiger partial charge on any atom is 0.341 e. The van der Waals surface area contributed by atoms with Crippen LogP contribution in [-0.2, 0) is 4.74 Å². The zero-order valence-electron chi connectivity index (χ0n) is 10.9. The first kappa shape index (κ1) is 14.1. The molecule has 0 atom stereocenters. The molecule has 0 spiro atoms. The van der Waals surface area contributed by atoms with Gasteiger partial charge in [-0.2, -0.15) is 0 Å². The summed E-state index contributed by atoms with van der Waals surface area (Å²) in [6.45, 7) is 3.79. The third-order valence-corrected chi connectivity index (χ3v) is 3.38. The zero-order valence-corrected chi connectivity index (χ0v) is 11.7. The number of carbonyl (C=O) groups excluding carboxylic acids is 2. The van der Waals surface area contributed by atoms with Gasteiger partial charge < -0.3 is 20.0 Å². The first-order chi connectivity index (χ1) is 9.51. The number of esters is 1. The summed E-state index contributed by atoms with van der Waals surface area (Å²) >= 11 is 1.26. The monoisotopic (exact) mass is 295 g/mol. The molecular weight excluding hydrogens is 282 g/mol. The topological polar surface area (TPSA) is 104 Å². The lowest BCUT2D eigenvalue weighted by Gasteiger charge is -2.04. The van der Waals surface area contributed by atoms with Crippen molar-refractivity contribution < 1.29 is 14.3 Å². The number of H-pyrrole nitrogens is 2. The second-order valence-electron chi connectivity index (χ2n) is 3.93. The van der Waals surface area contributed by atoms with E-state index in [4.69, 9.17) is 4.74 Å². The van der Waals surface area contributed by atoms with Crippen LogP contribution in [0.2, 0.25) is 0 Å². The molecule has 0 saturated carbocycles. The van der Waals surface area contributed by atoms with Gasteiger partial charge in [-0.25, -0.2) is 9.59 Å². The summed E-state index contributed by atoms with van der Waals surface area (Å²) in [7, 11) is 0. The molecule has 20 heavy (non-hydrogen) atoms. The molecule has 7 nitrogen and oxygen atoms in total. The van der Waals surface area contributed by atoms with Crippen LogP contribution in [0.1, 0.15) is 32.6 Å². The Kier molecular flexibility index (Phi) is 4.04. The molecule has 2 heterocycles. The number of imidazole rings is 1. The molecule has 0 aliphatic carbocycles. The van der Waals surface area contributed by atoms with Gasteiger partial charge in [0.2, 0.25) is 0 Å². The van der Waals surface area contributed by atoms with E-state index in [1.807, 2.05) is 6.92 Å². The maximum absolute atomic E-state index is 11.9. The molecule has 2 rings (SSSR count). The number of aromatic amines is 2. The van der Waals surface area contributed by atoms with E-state index in [1.165, 1.54) is 17.5 Å². The van der Waals surface area contributed by atoms with Gasteiger partial charge in [0.15, 0.2) is 0 Å². The molecule has 0 aliphatic heterocycles. The van der Waals surface area contributed by atoms with Gasteiger partial charge in [-0.3, -0.25) is 4.79 Å². The van der Waals surface area contributed by atoms with Crippen LogP contribution in [-0.4, -0.2) is 28.5 Å². The fourth-order valence-corrected chi connectivity index (χ4v) is 2.49. The molecule has 0 bridgehead atoms. The lowest BCUT2D eigenvalue weighted by molar-refractivity contribution is 0.0528. The van der Waals surface area contributed by atoms with E-state index in [2.05, 4.69) is 15.3 Å². The molecule has 0 aliphatic rings. The SMILES string of the molecule is CCOC(=O)c1cc(C)sc1NC(=O)c1c[nH]c(=O)[nH]1. The number of aromatic nitrogens is 2. The zero-order chi connectivity index (χ0) is 14.7. The fourth-order valence-electron chi connectivity index (χ4n) is 1.59. The number of carbonyl (C=O) groups is 2. The molecule has 0 saturated heterocycles. The molecule has 8 heteroatoms. The van der Waals surface area contributed by atoms with Crippen molar-refractivity contribution in [2.75, 3.05) is 11.9 Å². The fraction of sp³-hybridized carbons (Fsp3) is 0.250. The third-order valence-electron chi connectivity index (χ3n) is 2.42. The number of thiophene rings is 1. The first-order valence-corrected chi connectivity index (χ1v) is 6.69. The Balaban J connectivity index is 2.23. The van der Waals surface area contributed by atoms with E-state index in [-0.39, 0.29) is 12.3 Å². The number of nitrogens with one attached hydrogen (secondary N) is 3. The average molecular weight is 295 g/mol. The second kappa shape index (κ2) is 5.74. The Morgan fingerprint density at radius 1 is 1.45 bits per heavy atom. The second-order valence-corrected chi connectivity index (χ2v) is 5.19. The normalized spacial score (nSPS) is 10.3. The van der Waals surface area contributed by atoms with Crippen LogP contribution in [0.3, 0.4) is 0 Å². The first-order valence-electron chi connectivity index (χ1n) is 5.88. The standard InChI is InChI=1S/C12H13N3O4S/c1-3-19-11(17)7-4-6(2)20-10(7)15-9(16)8-5-13-12(18)14-8/h4-5H,3H2,1-2H3,(H,15,16)(H2,13,14,18). The molecule has 1 amide bonds. The number of hydrogen-bond donors (Lipinski definition) is 3. The third kappa shape index (κ3) is 2.97. The molecule has 0 fully saturated rings. The van der Waals surface area contributed by atoms with Gasteiger partial charge in [-0.1, -0.05) is 0 Å². The van der Waals surface area contributed by atoms with E-state index in [0.29, 0.717) is 10.6 Å². The van der Waals surface area contributed by atoms with Crippen molar-refractivity contribution in [1.29, 1.82) is 0 Å². The van der Waals surface area contributed by atoms with Gasteiger partial charge in [0.05, 0.1) is 12.2 Å². The van der Waals surface area contributed by atoms with Crippen molar-refractivity contribution in [2.45, 2.75) is 13.8 Å². The summed E-state index contributed by atoms with van der Waals surface area (Å²) in [4.78, 5) is 40.2. The number of aryl methyl sites for hydroxylation is 1. The van der Waals surface area contributed by atoms with Gasteiger partial charge in [-0.15, -0.1) is 11.3 Å². The maximum atomic E-state index is 11.9. The van der Waals surface area contributed by atoms with Gasteiger partial charge in [0.1, 0.15) is 10.7 Å². The molecular formula is C12H13N3O4S. The van der Waals surface area contributed by atoms with Crippen LogP contribution in [0, 0.1) is 6.92 Å². The Morgan fingerprint density at radius 3 is 2.80 bits per heavy atom. The van der Waals surface area contributed by atoms with E-state index in [1.54, 1.807) is 13.0 Å². The van der Waals surface area contributed by atoms with Crippen molar-refractivity contribution in [3.63, 3.8) is 0 Å². The summed E-state index contributed by atoms with van der Waals surface area (Å²) in [6.07, 6.45) is 1.27. The predicted octanol–water partition coefficient (Wildman–Crippen LogP) is 1.50. The lowest BCUT2D eigenvalue weighted by atomic mass is 10.3. The number of hydrogen-bond acceptors (Lipinski definition) is 5. The van der Waals surface area contributed by atoms with Crippen molar-refractivity contribution in [3.8, 4) is 0 Å². The molecule has 2 aromatic rings. The van der Waals surface area contributed by atoms with Crippen molar-refractivity contribution in [3.05, 3.63) is 38.9 Å². The van der Waals surface area contributed by atoms with Gasteiger partial charge in [-0.05, 0) is 19.9 Å². The Labute approximate surface area is 118 Å². The summed E-state index contributed by atoms with van der Waals surface area (Å²) in [5.74, 6) is -0.995. The van der Waals surface area contributed by atoms with Crippen LogP contribution < -0.4 is 11.0 Å². The number of rotatable bonds is 4. The lowest BCUT2D eigenvalue weighted by Crippen LogP contribution is -2.15. The smallest absolute Gasteiger partial charge is 0.341 e. The Morgan fingerprint density at radius 2 is 2.20 bits per heavy atom. The Bertz CT molecular complexity index is 698. The quantitative estimate of drug-likeness (QED) is 0.743.